The van der Waals surface area contributed by atoms with Crippen LogP contribution in [-0.4, -0.2) is 9.13 Å². The number of rotatable bonds is 7. The number of hydrogen-bond acceptors (Lipinski definition) is 1. The van der Waals surface area contributed by atoms with E-state index in [1.807, 2.05) is 120 Å². The third kappa shape index (κ3) is 7.47. The van der Waals surface area contributed by atoms with Crippen molar-refractivity contribution in [1.82, 2.24) is 9.13 Å². The SMILES string of the molecule is N#Cc1ccc(-n2c3ccc(-c4ccccc4)cc3c3cc(-c4ccccc4)ccc32)cc1-c1cc(-c2c(C(F)(F)F)cccc2C(F)(F)F)ccc1-n1c2ccccc2c2cc(-c3ccccc3)ccc21. The predicted octanol–water partition coefficient (Wildman–Crippen LogP) is 18.1. The summed E-state index contributed by atoms with van der Waals surface area (Å²) in [5, 5.41) is 14.6. The molecule has 0 bridgehead atoms. The van der Waals surface area contributed by atoms with Crippen LogP contribution in [0.25, 0.3) is 111 Å². The van der Waals surface area contributed by atoms with E-state index in [4.69, 9.17) is 0 Å². The summed E-state index contributed by atoms with van der Waals surface area (Å²) in [5.41, 5.74) is 6.90. The van der Waals surface area contributed by atoms with Gasteiger partial charge in [0.25, 0.3) is 0 Å². The fourth-order valence-corrected chi connectivity index (χ4v) is 10.4. The molecule has 346 valence electrons. The normalized spacial score (nSPS) is 12.0. The number of nitriles is 1. The number of fused-ring (bicyclic) bond motifs is 6. The Morgan fingerprint density at radius 3 is 1.28 bits per heavy atom. The van der Waals surface area contributed by atoms with Gasteiger partial charge >= 0.3 is 12.4 Å². The number of halogens is 6. The van der Waals surface area contributed by atoms with Gasteiger partial charge in [-0.15, -0.1) is 0 Å². The first-order valence-electron chi connectivity index (χ1n) is 23.2. The van der Waals surface area contributed by atoms with Crippen molar-refractivity contribution in [1.29, 1.82) is 5.26 Å². The minimum absolute atomic E-state index is 0.169. The van der Waals surface area contributed by atoms with E-state index in [0.717, 1.165) is 83.1 Å². The third-order valence-electron chi connectivity index (χ3n) is 13.6. The zero-order valence-corrected chi connectivity index (χ0v) is 38.0. The van der Waals surface area contributed by atoms with E-state index in [1.54, 1.807) is 12.1 Å². The highest BCUT2D eigenvalue weighted by atomic mass is 19.4. The number of nitrogens with zero attached hydrogens (tertiary/aromatic N) is 3. The van der Waals surface area contributed by atoms with Gasteiger partial charge in [-0.2, -0.15) is 31.6 Å². The van der Waals surface area contributed by atoms with Gasteiger partial charge in [-0.3, -0.25) is 0 Å². The molecule has 0 spiro atoms. The molecule has 0 radical (unpaired) electrons. The number of benzene rings is 10. The Morgan fingerprint density at radius 2 is 0.778 bits per heavy atom. The fourth-order valence-electron chi connectivity index (χ4n) is 10.4. The smallest absolute Gasteiger partial charge is 0.309 e. The Labute approximate surface area is 409 Å². The van der Waals surface area contributed by atoms with Gasteiger partial charge in [-0.25, -0.2) is 0 Å². The molecule has 9 heteroatoms. The lowest BCUT2D eigenvalue weighted by molar-refractivity contribution is -0.142. The van der Waals surface area contributed by atoms with Gasteiger partial charge in [0, 0.05) is 43.9 Å². The van der Waals surface area contributed by atoms with E-state index in [0.29, 0.717) is 29.1 Å². The Hall–Kier alpha value is -9.13. The Kier molecular flexibility index (Phi) is 10.5. The van der Waals surface area contributed by atoms with Gasteiger partial charge in [0.1, 0.15) is 0 Å². The molecule has 0 saturated carbocycles. The molecule has 0 atom stereocenters. The lowest BCUT2D eigenvalue weighted by Crippen LogP contribution is -2.14. The molecule has 3 nitrogen and oxygen atoms in total. The van der Waals surface area contributed by atoms with E-state index >= 15 is 0 Å². The molecule has 2 heterocycles. The molecule has 0 aliphatic carbocycles. The van der Waals surface area contributed by atoms with Crippen LogP contribution in [-0.2, 0) is 12.4 Å². The second-order valence-corrected chi connectivity index (χ2v) is 17.8. The van der Waals surface area contributed by atoms with Gasteiger partial charge in [-0.1, -0.05) is 140 Å². The highest BCUT2D eigenvalue weighted by Crippen LogP contribution is 2.48. The van der Waals surface area contributed by atoms with E-state index in [-0.39, 0.29) is 16.7 Å². The molecular formula is C63H37F6N3. The molecule has 0 unspecified atom stereocenters. The molecule has 12 rings (SSSR count). The minimum Gasteiger partial charge on any atom is -0.309 e. The molecule has 0 aliphatic rings. The molecule has 0 N–H and O–H groups in total. The number of alkyl halides is 6. The highest BCUT2D eigenvalue weighted by molar-refractivity contribution is 6.13. The van der Waals surface area contributed by atoms with Crippen molar-refractivity contribution in [2.75, 3.05) is 0 Å². The van der Waals surface area contributed by atoms with Crippen LogP contribution in [0.1, 0.15) is 16.7 Å². The summed E-state index contributed by atoms with van der Waals surface area (Å²) < 4.78 is 93.7. The molecule has 72 heavy (non-hydrogen) atoms. The first kappa shape index (κ1) is 44.1. The van der Waals surface area contributed by atoms with Crippen LogP contribution >= 0.6 is 0 Å². The van der Waals surface area contributed by atoms with E-state index in [2.05, 4.69) is 77.4 Å². The molecule has 0 fully saturated rings. The molecule has 0 saturated heterocycles. The van der Waals surface area contributed by atoms with Gasteiger partial charge in [0.05, 0.1) is 50.5 Å². The topological polar surface area (TPSA) is 33.6 Å². The monoisotopic (exact) mass is 949 g/mol. The first-order chi connectivity index (χ1) is 34.9. The molecular weight excluding hydrogens is 913 g/mol. The highest BCUT2D eigenvalue weighted by Gasteiger charge is 2.41. The average Bonchev–Trinajstić information content (AvgIpc) is 3.92. The van der Waals surface area contributed by atoms with Crippen molar-refractivity contribution < 1.29 is 26.3 Å². The van der Waals surface area contributed by atoms with Crippen molar-refractivity contribution >= 4 is 43.6 Å². The van der Waals surface area contributed by atoms with Crippen LogP contribution in [0.3, 0.4) is 0 Å². The fraction of sp³-hybridized carbons (Fsp3) is 0.0317. The predicted molar refractivity (Wildman–Crippen MR) is 277 cm³/mol. The maximum atomic E-state index is 14.9. The van der Waals surface area contributed by atoms with Crippen LogP contribution in [0.5, 0.6) is 0 Å². The first-order valence-corrected chi connectivity index (χ1v) is 23.2. The summed E-state index contributed by atoms with van der Waals surface area (Å²) in [6.07, 6.45) is -10.3. The maximum absolute atomic E-state index is 14.9. The number of para-hydroxylation sites is 1. The number of hydrogen-bond donors (Lipinski definition) is 0. The largest absolute Gasteiger partial charge is 0.417 e. The van der Waals surface area contributed by atoms with E-state index in [1.165, 1.54) is 12.1 Å². The Morgan fingerprint density at radius 1 is 0.333 bits per heavy atom. The van der Waals surface area contributed by atoms with Crippen molar-refractivity contribution in [3.05, 3.63) is 241 Å². The standard InChI is InChI=1S/C63H37F6N3/c64-62(65,66)54-20-12-21-55(63(67,68)69)61(54)45-27-32-60(72-56-22-11-10-19-48(56)50-33-42(26-31-59(50)72)39-13-4-1-5-14-39)51(36-45)49-37-47(28-23-46(49)38-70)71-57-29-24-43(40-15-6-2-7-16-40)34-52(57)53-35-44(25-30-58(53)71)41-17-8-3-9-18-41/h1-37H. The van der Waals surface area contributed by atoms with Gasteiger partial charge in [0.15, 0.2) is 0 Å². The average molecular weight is 950 g/mol. The van der Waals surface area contributed by atoms with Crippen LogP contribution in [0.15, 0.2) is 224 Å². The van der Waals surface area contributed by atoms with Crippen LogP contribution in [0.4, 0.5) is 26.3 Å². The van der Waals surface area contributed by atoms with Crippen molar-refractivity contribution in [3.63, 3.8) is 0 Å². The van der Waals surface area contributed by atoms with Gasteiger partial charge in [0.2, 0.25) is 0 Å². The number of aromatic nitrogens is 2. The quantitative estimate of drug-likeness (QED) is 0.147. The van der Waals surface area contributed by atoms with Crippen molar-refractivity contribution in [2.24, 2.45) is 0 Å². The van der Waals surface area contributed by atoms with E-state index < -0.39 is 29.0 Å². The second kappa shape index (κ2) is 17.1. The maximum Gasteiger partial charge on any atom is 0.417 e. The molecule has 0 amide bonds. The molecule has 12 aromatic rings. The molecule has 2 aromatic heterocycles. The lowest BCUT2D eigenvalue weighted by Gasteiger charge is -2.22. The van der Waals surface area contributed by atoms with Crippen LogP contribution < -0.4 is 0 Å². The third-order valence-corrected chi connectivity index (χ3v) is 13.6. The van der Waals surface area contributed by atoms with Crippen LogP contribution in [0, 0.1) is 11.3 Å². The molecule has 0 aliphatic heterocycles. The Balaban J connectivity index is 1.15. The van der Waals surface area contributed by atoms with E-state index in [9.17, 15) is 31.6 Å². The summed E-state index contributed by atoms with van der Waals surface area (Å²) in [6.45, 7) is 0. The zero-order valence-electron chi connectivity index (χ0n) is 38.0. The summed E-state index contributed by atoms with van der Waals surface area (Å²) in [4.78, 5) is 0. The zero-order chi connectivity index (χ0) is 49.3. The van der Waals surface area contributed by atoms with Gasteiger partial charge < -0.3 is 9.13 Å². The van der Waals surface area contributed by atoms with Crippen molar-refractivity contribution in [3.8, 4) is 73.1 Å². The second-order valence-electron chi connectivity index (χ2n) is 17.8. The minimum atomic E-state index is -5.13. The van der Waals surface area contributed by atoms with Crippen LogP contribution in [0.2, 0.25) is 0 Å². The Bertz CT molecular complexity index is 3990. The van der Waals surface area contributed by atoms with Crippen molar-refractivity contribution in [2.45, 2.75) is 12.4 Å². The summed E-state index contributed by atoms with van der Waals surface area (Å²) in [7, 11) is 0. The summed E-state index contributed by atoms with van der Waals surface area (Å²) in [5.74, 6) is 0. The van der Waals surface area contributed by atoms with Gasteiger partial charge in [-0.05, 0) is 124 Å². The summed E-state index contributed by atoms with van der Waals surface area (Å²) >= 11 is 0. The molecule has 10 aromatic carbocycles. The lowest BCUT2D eigenvalue weighted by atomic mass is 9.89. The summed E-state index contributed by atoms with van der Waals surface area (Å²) in [6, 6.07) is 70.3.